The van der Waals surface area contributed by atoms with E-state index in [4.69, 9.17) is 11.6 Å². The zero-order chi connectivity index (χ0) is 32.6. The molecule has 13 heteroatoms. The van der Waals surface area contributed by atoms with E-state index in [1.54, 1.807) is 17.0 Å². The van der Waals surface area contributed by atoms with Crippen LogP contribution in [0.4, 0.5) is 27.6 Å². The Morgan fingerprint density at radius 3 is 2.00 bits per heavy atom. The third kappa shape index (κ3) is 6.25. The van der Waals surface area contributed by atoms with Crippen molar-refractivity contribution in [3.8, 4) is 0 Å². The lowest BCUT2D eigenvalue weighted by Gasteiger charge is -2.43. The Balaban J connectivity index is 1.19. The Hall–Kier alpha value is -2.96. The minimum Gasteiger partial charge on any atom is -0.394 e. The molecule has 3 fully saturated rings. The van der Waals surface area contributed by atoms with Gasteiger partial charge >= 0.3 is 12.1 Å². The number of carbonyl (C=O) groups excluding carboxylic acids is 2. The van der Waals surface area contributed by atoms with Crippen molar-refractivity contribution in [1.82, 2.24) is 9.80 Å². The molecule has 3 aliphatic heterocycles. The van der Waals surface area contributed by atoms with Gasteiger partial charge in [-0.25, -0.2) is 0 Å². The average molecular weight is 658 g/mol. The zero-order valence-electron chi connectivity index (χ0n) is 24.7. The van der Waals surface area contributed by atoms with Gasteiger partial charge in [0, 0.05) is 38.4 Å². The van der Waals surface area contributed by atoms with Crippen LogP contribution in [0.3, 0.4) is 0 Å². The van der Waals surface area contributed by atoms with E-state index >= 15 is 0 Å². The fraction of sp³-hybridized carbons (Fsp3) is 0.562. The molecule has 0 saturated carbocycles. The number of rotatable bonds is 7. The molecule has 0 bridgehead atoms. The second-order valence-corrected chi connectivity index (χ2v) is 12.7. The van der Waals surface area contributed by atoms with Crippen LogP contribution >= 0.6 is 11.6 Å². The molecule has 2 N–H and O–H groups in total. The van der Waals surface area contributed by atoms with Crippen LogP contribution in [0.1, 0.15) is 54.4 Å². The van der Waals surface area contributed by atoms with Crippen molar-refractivity contribution in [3.63, 3.8) is 0 Å². The summed E-state index contributed by atoms with van der Waals surface area (Å²) in [5.41, 5.74) is -3.62. The van der Waals surface area contributed by atoms with Crippen LogP contribution < -0.4 is 4.90 Å². The summed E-state index contributed by atoms with van der Waals surface area (Å²) in [6, 6.07) is 10.7. The van der Waals surface area contributed by atoms with E-state index in [-0.39, 0.29) is 43.5 Å². The second-order valence-electron chi connectivity index (χ2n) is 12.2. The lowest BCUT2D eigenvalue weighted by molar-refractivity contribution is -0.339. The minimum atomic E-state index is -6.14. The molecule has 2 atom stereocenters. The van der Waals surface area contributed by atoms with Gasteiger partial charge in [-0.05, 0) is 74.1 Å². The van der Waals surface area contributed by atoms with Gasteiger partial charge in [0.2, 0.25) is 5.60 Å². The van der Waals surface area contributed by atoms with Crippen LogP contribution in [0, 0.1) is 11.8 Å². The van der Waals surface area contributed by atoms with Crippen molar-refractivity contribution in [1.29, 1.82) is 0 Å². The standard InChI is InChI=1S/C32H37ClF5N3O4/c33-27-19-24(8-9-26(27)28(43)41-14-4-7-25(41)20-42)39-15-10-21(11-16-39)22-12-17-40(18-13-22)29(44)30(45,23-5-2-1-3-6-23)31(34,35)32(36,37)38/h1-3,5-6,8-9,19,21-22,25,42,45H,4,7,10-18,20H2/t25-,30?/m0/s1. The summed E-state index contributed by atoms with van der Waals surface area (Å²) in [5, 5.41) is 20.8. The molecule has 2 aromatic carbocycles. The first-order valence-electron chi connectivity index (χ1n) is 15.3. The first-order chi connectivity index (χ1) is 21.3. The summed E-state index contributed by atoms with van der Waals surface area (Å²) in [7, 11) is 0. The summed E-state index contributed by atoms with van der Waals surface area (Å²) in [6.07, 6.45) is -2.09. The number of benzene rings is 2. The number of nitrogens with zero attached hydrogens (tertiary/aromatic N) is 3. The maximum Gasteiger partial charge on any atom is 0.457 e. The minimum absolute atomic E-state index is 0.0357. The Morgan fingerprint density at radius 2 is 1.44 bits per heavy atom. The Morgan fingerprint density at radius 1 is 0.844 bits per heavy atom. The fourth-order valence-corrected chi connectivity index (χ4v) is 7.33. The Kier molecular flexibility index (Phi) is 9.68. The van der Waals surface area contributed by atoms with Crippen LogP contribution in [-0.4, -0.2) is 89.3 Å². The van der Waals surface area contributed by atoms with E-state index < -0.39 is 29.2 Å². The largest absolute Gasteiger partial charge is 0.457 e. The van der Waals surface area contributed by atoms with Gasteiger partial charge in [-0.3, -0.25) is 9.59 Å². The van der Waals surface area contributed by atoms with Crippen LogP contribution in [0.15, 0.2) is 48.5 Å². The van der Waals surface area contributed by atoms with Gasteiger partial charge in [-0.1, -0.05) is 41.9 Å². The molecule has 0 aromatic heterocycles. The third-order valence-corrected chi connectivity index (χ3v) is 10.1. The summed E-state index contributed by atoms with van der Waals surface area (Å²) >= 11 is 6.53. The maximum absolute atomic E-state index is 14.7. The molecule has 246 valence electrons. The highest BCUT2D eigenvalue weighted by atomic mass is 35.5. The molecule has 0 spiro atoms. The van der Waals surface area contributed by atoms with Gasteiger partial charge in [0.25, 0.3) is 11.8 Å². The number of halogens is 6. The molecule has 7 nitrogen and oxygen atoms in total. The van der Waals surface area contributed by atoms with Crippen molar-refractivity contribution >= 4 is 29.1 Å². The molecule has 0 radical (unpaired) electrons. The summed E-state index contributed by atoms with van der Waals surface area (Å²) in [5.74, 6) is -7.14. The molecule has 0 aliphatic carbocycles. The summed E-state index contributed by atoms with van der Waals surface area (Å²) < 4.78 is 69.8. The molecule has 3 saturated heterocycles. The van der Waals surface area contributed by atoms with Crippen LogP contribution in [0.25, 0.3) is 0 Å². The van der Waals surface area contributed by atoms with E-state index in [0.29, 0.717) is 43.1 Å². The predicted octanol–water partition coefficient (Wildman–Crippen LogP) is 5.48. The molecular formula is C32H37ClF5N3O4. The van der Waals surface area contributed by atoms with E-state index in [0.717, 1.165) is 48.4 Å². The van der Waals surface area contributed by atoms with E-state index in [1.807, 2.05) is 6.07 Å². The van der Waals surface area contributed by atoms with E-state index in [2.05, 4.69) is 4.90 Å². The smallest absolute Gasteiger partial charge is 0.394 e. The second kappa shape index (κ2) is 13.0. The van der Waals surface area contributed by atoms with Crippen molar-refractivity contribution < 1.29 is 41.8 Å². The summed E-state index contributed by atoms with van der Waals surface area (Å²) in [6.45, 7) is 1.83. The molecule has 1 unspecified atom stereocenters. The number of aliphatic hydroxyl groups is 2. The normalized spacial score (nSPS) is 22.0. The molecule has 2 amide bonds. The molecule has 3 heterocycles. The van der Waals surface area contributed by atoms with Gasteiger partial charge in [-0.2, -0.15) is 22.0 Å². The molecular weight excluding hydrogens is 621 g/mol. The zero-order valence-corrected chi connectivity index (χ0v) is 25.4. The van der Waals surface area contributed by atoms with Gasteiger partial charge in [0.15, 0.2) is 0 Å². The highest BCUT2D eigenvalue weighted by Gasteiger charge is 2.74. The quantitative estimate of drug-likeness (QED) is 0.386. The van der Waals surface area contributed by atoms with Crippen LogP contribution in [0.2, 0.25) is 5.02 Å². The highest BCUT2D eigenvalue weighted by molar-refractivity contribution is 6.34. The molecule has 2 aromatic rings. The fourth-order valence-electron chi connectivity index (χ4n) is 7.08. The van der Waals surface area contributed by atoms with Crippen molar-refractivity contribution in [2.24, 2.45) is 11.8 Å². The van der Waals surface area contributed by atoms with Gasteiger partial charge < -0.3 is 24.9 Å². The van der Waals surface area contributed by atoms with Crippen molar-refractivity contribution in [3.05, 3.63) is 64.7 Å². The SMILES string of the molecule is O=C(c1ccc(N2CCC(C3CCN(C(=O)C(O)(c4ccccc4)C(F)(F)C(F)(F)F)CC3)CC2)cc1Cl)N1CCC[C@H]1CO. The number of likely N-dealkylation sites (tertiary alicyclic amines) is 2. The number of hydrogen-bond acceptors (Lipinski definition) is 5. The monoisotopic (exact) mass is 657 g/mol. The lowest BCUT2D eigenvalue weighted by atomic mass is 9.78. The number of aliphatic hydroxyl groups excluding tert-OH is 1. The van der Waals surface area contributed by atoms with Crippen molar-refractivity contribution in [2.45, 2.75) is 62.3 Å². The predicted molar refractivity (Wildman–Crippen MR) is 158 cm³/mol. The molecule has 5 rings (SSSR count). The third-order valence-electron chi connectivity index (χ3n) is 9.74. The topological polar surface area (TPSA) is 84.3 Å². The average Bonchev–Trinajstić information content (AvgIpc) is 3.53. The lowest BCUT2D eigenvalue weighted by Crippen LogP contribution is -2.63. The number of amides is 2. The number of piperidine rings is 2. The van der Waals surface area contributed by atoms with Crippen LogP contribution in [-0.2, 0) is 10.4 Å². The first kappa shape index (κ1) is 33.4. The van der Waals surface area contributed by atoms with Gasteiger partial charge in [0.05, 0.1) is 23.2 Å². The van der Waals surface area contributed by atoms with Gasteiger partial charge in [-0.15, -0.1) is 0 Å². The van der Waals surface area contributed by atoms with E-state index in [9.17, 15) is 41.8 Å². The number of carbonyl (C=O) groups is 2. The van der Waals surface area contributed by atoms with Crippen LogP contribution in [0.5, 0.6) is 0 Å². The Labute approximate surface area is 263 Å². The maximum atomic E-state index is 14.7. The summed E-state index contributed by atoms with van der Waals surface area (Å²) in [4.78, 5) is 31.0. The number of hydrogen-bond donors (Lipinski definition) is 2. The van der Waals surface area contributed by atoms with Crippen molar-refractivity contribution in [2.75, 3.05) is 44.2 Å². The molecule has 45 heavy (non-hydrogen) atoms. The Bertz CT molecular complexity index is 1360. The number of alkyl halides is 5. The van der Waals surface area contributed by atoms with E-state index in [1.165, 1.54) is 18.2 Å². The molecule has 3 aliphatic rings. The number of anilines is 1. The van der Waals surface area contributed by atoms with Gasteiger partial charge in [0.1, 0.15) is 0 Å². The first-order valence-corrected chi connectivity index (χ1v) is 15.7. The highest BCUT2D eigenvalue weighted by Crippen LogP contribution is 2.50.